The highest BCUT2D eigenvalue weighted by Crippen LogP contribution is 2.13. The van der Waals surface area contributed by atoms with Crippen LogP contribution in [0.2, 0.25) is 0 Å². The molecule has 0 saturated heterocycles. The minimum absolute atomic E-state index is 0. The van der Waals surface area contributed by atoms with Crippen LogP contribution in [0.1, 0.15) is 30.6 Å². The van der Waals surface area contributed by atoms with Gasteiger partial charge in [-0.15, -0.1) is 24.0 Å². The molecule has 1 aliphatic heterocycles. The van der Waals surface area contributed by atoms with E-state index in [9.17, 15) is 0 Å². The summed E-state index contributed by atoms with van der Waals surface area (Å²) in [5.41, 5.74) is 1.09. The van der Waals surface area contributed by atoms with E-state index in [-0.39, 0.29) is 30.0 Å². The van der Waals surface area contributed by atoms with Crippen LogP contribution in [0.3, 0.4) is 0 Å². The highest BCUT2D eigenvalue weighted by atomic mass is 127. The fourth-order valence-corrected chi connectivity index (χ4v) is 2.91. The third kappa shape index (κ3) is 5.40. The second-order valence-corrected chi connectivity index (χ2v) is 6.16. The van der Waals surface area contributed by atoms with Crippen molar-refractivity contribution in [3.8, 4) is 0 Å². The maximum absolute atomic E-state index is 5.11. The number of rotatable bonds is 6. The lowest BCUT2D eigenvalue weighted by Gasteiger charge is -2.25. The minimum atomic E-state index is 0. The molecule has 1 unspecified atom stereocenters. The average Bonchev–Trinajstić information content (AvgIpc) is 3.18. The predicted molar refractivity (Wildman–Crippen MR) is 109 cm³/mol. The van der Waals surface area contributed by atoms with E-state index in [0.29, 0.717) is 13.2 Å². The first-order valence-electron chi connectivity index (χ1n) is 8.61. The van der Waals surface area contributed by atoms with E-state index in [1.807, 2.05) is 24.1 Å². The molecule has 3 rings (SSSR count). The second-order valence-electron chi connectivity index (χ2n) is 6.16. The minimum Gasteiger partial charge on any atom is -0.377 e. The van der Waals surface area contributed by atoms with Gasteiger partial charge in [-0.2, -0.15) is 10.2 Å². The largest absolute Gasteiger partial charge is 0.377 e. The van der Waals surface area contributed by atoms with Crippen LogP contribution < -0.4 is 10.6 Å². The number of hydrogen-bond acceptors (Lipinski definition) is 5. The molecule has 2 aromatic heterocycles. The first-order chi connectivity index (χ1) is 12.2. The van der Waals surface area contributed by atoms with Crippen molar-refractivity contribution in [2.45, 2.75) is 45.5 Å². The van der Waals surface area contributed by atoms with Crippen LogP contribution in [0, 0.1) is 0 Å². The van der Waals surface area contributed by atoms with Crippen LogP contribution in [-0.4, -0.2) is 50.2 Å². The van der Waals surface area contributed by atoms with Crippen molar-refractivity contribution < 1.29 is 4.74 Å². The van der Waals surface area contributed by atoms with E-state index >= 15 is 0 Å². The zero-order valence-electron chi connectivity index (χ0n) is 15.5. The number of methoxy groups -OCH3 is 1. The second kappa shape index (κ2) is 9.86. The topological polar surface area (TPSA) is 94.2 Å². The molecule has 1 atom stereocenters. The van der Waals surface area contributed by atoms with Gasteiger partial charge in [0.15, 0.2) is 11.8 Å². The van der Waals surface area contributed by atoms with Crippen LogP contribution in [0.4, 0.5) is 0 Å². The Morgan fingerprint density at radius 1 is 1.46 bits per heavy atom. The fraction of sp³-hybridized carbons (Fsp3) is 0.625. The first-order valence-corrected chi connectivity index (χ1v) is 8.61. The quantitative estimate of drug-likeness (QED) is 0.366. The molecule has 2 aromatic rings. The third-order valence-electron chi connectivity index (χ3n) is 4.04. The number of aromatic nitrogens is 5. The number of hydrogen-bond donors (Lipinski definition) is 2. The van der Waals surface area contributed by atoms with Crippen LogP contribution >= 0.6 is 24.0 Å². The summed E-state index contributed by atoms with van der Waals surface area (Å²) in [7, 11) is 3.57. The van der Waals surface area contributed by atoms with Gasteiger partial charge < -0.3 is 15.4 Å². The Morgan fingerprint density at radius 3 is 3.00 bits per heavy atom. The lowest BCUT2D eigenvalue weighted by atomic mass is 10.1. The summed E-state index contributed by atoms with van der Waals surface area (Å²) >= 11 is 0. The Hall–Kier alpha value is -1.69. The molecule has 9 nitrogen and oxygen atoms in total. The van der Waals surface area contributed by atoms with Crippen LogP contribution in [0.25, 0.3) is 0 Å². The summed E-state index contributed by atoms with van der Waals surface area (Å²) in [5, 5.41) is 15.5. The first kappa shape index (κ1) is 20.6. The fourth-order valence-electron chi connectivity index (χ4n) is 2.91. The standard InChI is InChI=1S/C16H26N8O.HI/c1-4-17-16(18-7-12-8-19-23(2)9-12)20-13-5-6-15-21-14(11-25-3)22-24(15)10-13;/h8-9,13H,4-7,10-11H2,1-3H3,(H2,17,18,20);1H. The summed E-state index contributed by atoms with van der Waals surface area (Å²) in [6.07, 6.45) is 5.72. The maximum Gasteiger partial charge on any atom is 0.191 e. The number of fused-ring (bicyclic) bond motifs is 1. The van der Waals surface area contributed by atoms with E-state index in [4.69, 9.17) is 4.74 Å². The predicted octanol–water partition coefficient (Wildman–Crippen LogP) is 0.846. The molecule has 0 saturated carbocycles. The van der Waals surface area contributed by atoms with E-state index in [1.165, 1.54) is 0 Å². The summed E-state index contributed by atoms with van der Waals surface area (Å²) in [6.45, 7) is 4.71. The smallest absolute Gasteiger partial charge is 0.191 e. The SMILES string of the molecule is CCNC(=NCc1cnn(C)c1)NC1CCc2nc(COC)nn2C1.I. The summed E-state index contributed by atoms with van der Waals surface area (Å²) in [4.78, 5) is 9.17. The van der Waals surface area contributed by atoms with Gasteiger partial charge in [0, 0.05) is 44.9 Å². The molecule has 144 valence electrons. The molecule has 0 aliphatic carbocycles. The van der Waals surface area contributed by atoms with E-state index in [1.54, 1.807) is 11.8 Å². The number of guanidine groups is 1. The molecule has 2 N–H and O–H groups in total. The highest BCUT2D eigenvalue weighted by molar-refractivity contribution is 14.0. The maximum atomic E-state index is 5.11. The number of aliphatic imine (C=N–C) groups is 1. The monoisotopic (exact) mass is 474 g/mol. The lowest BCUT2D eigenvalue weighted by molar-refractivity contribution is 0.177. The van der Waals surface area contributed by atoms with Crippen molar-refractivity contribution in [2.75, 3.05) is 13.7 Å². The molecule has 0 fully saturated rings. The van der Waals surface area contributed by atoms with Gasteiger partial charge in [0.2, 0.25) is 0 Å². The summed E-state index contributed by atoms with van der Waals surface area (Å²) in [5.74, 6) is 2.59. The molecule has 0 radical (unpaired) electrons. The summed E-state index contributed by atoms with van der Waals surface area (Å²) in [6, 6.07) is 0.274. The van der Waals surface area contributed by atoms with Gasteiger partial charge >= 0.3 is 0 Å². The van der Waals surface area contributed by atoms with Gasteiger partial charge in [-0.3, -0.25) is 4.68 Å². The van der Waals surface area contributed by atoms with Crippen LogP contribution in [0.5, 0.6) is 0 Å². The van der Waals surface area contributed by atoms with Crippen LogP contribution in [-0.2, 0) is 37.9 Å². The highest BCUT2D eigenvalue weighted by Gasteiger charge is 2.22. The Bertz CT molecular complexity index is 726. The van der Waals surface area contributed by atoms with Crippen molar-refractivity contribution >= 4 is 29.9 Å². The lowest BCUT2D eigenvalue weighted by Crippen LogP contribution is -2.47. The van der Waals surface area contributed by atoms with Gasteiger partial charge in [-0.1, -0.05) is 0 Å². The van der Waals surface area contributed by atoms with Crippen LogP contribution in [0.15, 0.2) is 17.4 Å². The molecule has 3 heterocycles. The Balaban J connectivity index is 0.00000243. The van der Waals surface area contributed by atoms with Crippen molar-refractivity contribution in [1.82, 2.24) is 35.2 Å². The Kier molecular flexibility index (Phi) is 7.82. The van der Waals surface area contributed by atoms with Crippen molar-refractivity contribution in [3.63, 3.8) is 0 Å². The zero-order valence-corrected chi connectivity index (χ0v) is 17.8. The Morgan fingerprint density at radius 2 is 2.31 bits per heavy atom. The number of aryl methyl sites for hydroxylation is 2. The molecule has 10 heteroatoms. The van der Waals surface area contributed by atoms with E-state index in [2.05, 4.69) is 37.7 Å². The molecule has 26 heavy (non-hydrogen) atoms. The molecule has 0 bridgehead atoms. The van der Waals surface area contributed by atoms with E-state index in [0.717, 1.165) is 49.1 Å². The number of nitrogens with zero attached hydrogens (tertiary/aromatic N) is 6. The normalized spacial score (nSPS) is 16.7. The summed E-state index contributed by atoms with van der Waals surface area (Å²) < 4.78 is 8.88. The molecular weight excluding hydrogens is 447 g/mol. The van der Waals surface area contributed by atoms with Gasteiger partial charge in [0.1, 0.15) is 12.4 Å². The van der Waals surface area contributed by atoms with E-state index < -0.39 is 0 Å². The molecule has 0 spiro atoms. The molecular formula is C16H27IN8O. The van der Waals surface area contributed by atoms with Crippen molar-refractivity contribution in [1.29, 1.82) is 0 Å². The van der Waals surface area contributed by atoms with Crippen molar-refractivity contribution in [2.24, 2.45) is 12.0 Å². The molecule has 1 aliphatic rings. The van der Waals surface area contributed by atoms with Gasteiger partial charge in [0.05, 0.1) is 19.3 Å². The van der Waals surface area contributed by atoms with Gasteiger partial charge in [-0.25, -0.2) is 14.7 Å². The van der Waals surface area contributed by atoms with Crippen molar-refractivity contribution in [3.05, 3.63) is 29.6 Å². The van der Waals surface area contributed by atoms with Gasteiger partial charge in [-0.05, 0) is 13.3 Å². The zero-order chi connectivity index (χ0) is 17.6. The number of nitrogens with one attached hydrogen (secondary N) is 2. The average molecular weight is 474 g/mol. The number of halogens is 1. The van der Waals surface area contributed by atoms with Gasteiger partial charge in [0.25, 0.3) is 0 Å². The third-order valence-corrected chi connectivity index (χ3v) is 4.04. The molecule has 0 aromatic carbocycles. The number of ether oxygens (including phenoxy) is 1. The molecule has 0 amide bonds. The Labute approximate surface area is 170 Å².